The minimum absolute atomic E-state index is 0.0995. The van der Waals surface area contributed by atoms with Gasteiger partial charge in [0.25, 0.3) is 0 Å². The van der Waals surface area contributed by atoms with Gasteiger partial charge in [-0.1, -0.05) is 34.1 Å². The minimum Gasteiger partial charge on any atom is -0.504 e. The van der Waals surface area contributed by atoms with Crippen molar-refractivity contribution in [2.24, 2.45) is 0 Å². The zero-order valence-electron chi connectivity index (χ0n) is 12.6. The molecular formula is C17H17BrO4. The summed E-state index contributed by atoms with van der Waals surface area (Å²) in [6, 6.07) is 9.13. The monoisotopic (exact) mass is 364 g/mol. The number of benzene rings is 2. The van der Waals surface area contributed by atoms with Crippen LogP contribution in [0.4, 0.5) is 0 Å². The summed E-state index contributed by atoms with van der Waals surface area (Å²) in [4.78, 5) is 0. The largest absolute Gasteiger partial charge is 0.504 e. The summed E-state index contributed by atoms with van der Waals surface area (Å²) in [5, 5.41) is 10.1. The predicted molar refractivity (Wildman–Crippen MR) is 90.8 cm³/mol. The van der Waals surface area contributed by atoms with Crippen LogP contribution in [0.2, 0.25) is 0 Å². The first-order valence-electron chi connectivity index (χ1n) is 6.55. The second-order valence-corrected chi connectivity index (χ2v) is 5.41. The Kier molecular flexibility index (Phi) is 5.33. The van der Waals surface area contributed by atoms with Crippen LogP contribution in [0.1, 0.15) is 11.1 Å². The maximum atomic E-state index is 10.1. The smallest absolute Gasteiger partial charge is 0.165 e. The highest BCUT2D eigenvalue weighted by Crippen LogP contribution is 2.35. The number of methoxy groups -OCH3 is 3. The van der Waals surface area contributed by atoms with Crippen LogP contribution in [-0.2, 0) is 0 Å². The lowest BCUT2D eigenvalue weighted by atomic mass is 10.1. The molecule has 0 heterocycles. The Morgan fingerprint density at radius 2 is 1.55 bits per heavy atom. The van der Waals surface area contributed by atoms with Gasteiger partial charge in [0, 0.05) is 10.0 Å². The van der Waals surface area contributed by atoms with Crippen LogP contribution in [0.5, 0.6) is 23.0 Å². The normalized spacial score (nSPS) is 10.7. The fourth-order valence-corrected chi connectivity index (χ4v) is 2.47. The Labute approximate surface area is 138 Å². The van der Waals surface area contributed by atoms with Crippen molar-refractivity contribution in [1.29, 1.82) is 0 Å². The number of halogens is 1. The molecule has 4 nitrogen and oxygen atoms in total. The highest BCUT2D eigenvalue weighted by molar-refractivity contribution is 9.10. The summed E-state index contributed by atoms with van der Waals surface area (Å²) in [7, 11) is 4.71. The van der Waals surface area contributed by atoms with E-state index in [-0.39, 0.29) is 5.75 Å². The quantitative estimate of drug-likeness (QED) is 0.801. The number of rotatable bonds is 5. The lowest BCUT2D eigenvalue weighted by Crippen LogP contribution is -1.90. The van der Waals surface area contributed by atoms with E-state index in [1.165, 1.54) is 7.11 Å². The number of phenols is 1. The van der Waals surface area contributed by atoms with E-state index in [2.05, 4.69) is 15.9 Å². The van der Waals surface area contributed by atoms with Crippen LogP contribution in [0.3, 0.4) is 0 Å². The lowest BCUT2D eigenvalue weighted by molar-refractivity contribution is 0.355. The molecule has 2 aromatic carbocycles. The van der Waals surface area contributed by atoms with Gasteiger partial charge in [0.15, 0.2) is 23.0 Å². The molecule has 0 spiro atoms. The molecular weight excluding hydrogens is 348 g/mol. The second-order valence-electron chi connectivity index (χ2n) is 4.49. The molecule has 1 N–H and O–H groups in total. The molecule has 0 unspecified atom stereocenters. The van der Waals surface area contributed by atoms with Gasteiger partial charge in [0.1, 0.15) is 0 Å². The number of phenolic OH excluding ortho intramolecular Hbond substituents is 1. The van der Waals surface area contributed by atoms with Crippen molar-refractivity contribution in [2.75, 3.05) is 21.3 Å². The van der Waals surface area contributed by atoms with Gasteiger partial charge >= 0.3 is 0 Å². The van der Waals surface area contributed by atoms with Crippen molar-refractivity contribution < 1.29 is 19.3 Å². The number of aromatic hydroxyl groups is 1. The summed E-state index contributed by atoms with van der Waals surface area (Å²) in [5.74, 6) is 1.84. The van der Waals surface area contributed by atoms with Gasteiger partial charge in [-0.3, -0.25) is 0 Å². The molecule has 0 aliphatic carbocycles. The zero-order valence-corrected chi connectivity index (χ0v) is 14.2. The predicted octanol–water partition coefficient (Wildman–Crippen LogP) is 4.35. The lowest BCUT2D eigenvalue weighted by Gasteiger charge is -2.08. The van der Waals surface area contributed by atoms with Gasteiger partial charge < -0.3 is 19.3 Å². The molecule has 0 aliphatic rings. The number of hydrogen-bond acceptors (Lipinski definition) is 4. The van der Waals surface area contributed by atoms with Crippen LogP contribution in [0.25, 0.3) is 12.2 Å². The third kappa shape index (κ3) is 3.54. The Balaban J connectivity index is 2.35. The molecule has 0 saturated heterocycles. The molecule has 0 saturated carbocycles. The molecule has 116 valence electrons. The van der Waals surface area contributed by atoms with E-state index in [1.54, 1.807) is 20.3 Å². The average Bonchev–Trinajstić information content (AvgIpc) is 2.54. The minimum atomic E-state index is 0.0995. The molecule has 0 aliphatic heterocycles. The summed E-state index contributed by atoms with van der Waals surface area (Å²) >= 11 is 3.39. The van der Waals surface area contributed by atoms with Crippen molar-refractivity contribution in [3.05, 3.63) is 45.9 Å². The van der Waals surface area contributed by atoms with Gasteiger partial charge in [-0.25, -0.2) is 0 Å². The summed E-state index contributed by atoms with van der Waals surface area (Å²) in [5.41, 5.74) is 1.58. The van der Waals surface area contributed by atoms with Crippen LogP contribution >= 0.6 is 15.9 Å². The van der Waals surface area contributed by atoms with Crippen LogP contribution in [0.15, 0.2) is 34.8 Å². The Bertz CT molecular complexity index is 695. The molecule has 5 heteroatoms. The third-order valence-corrected chi connectivity index (χ3v) is 3.61. The molecule has 0 amide bonds. The Hall–Kier alpha value is -2.14. The Morgan fingerprint density at radius 1 is 0.864 bits per heavy atom. The Morgan fingerprint density at radius 3 is 2.18 bits per heavy atom. The van der Waals surface area contributed by atoms with Gasteiger partial charge in [-0.15, -0.1) is 0 Å². The van der Waals surface area contributed by atoms with Crippen LogP contribution in [0, 0.1) is 0 Å². The van der Waals surface area contributed by atoms with E-state index in [4.69, 9.17) is 14.2 Å². The van der Waals surface area contributed by atoms with Crippen molar-refractivity contribution >= 4 is 28.1 Å². The van der Waals surface area contributed by atoms with Crippen LogP contribution in [-0.4, -0.2) is 26.4 Å². The topological polar surface area (TPSA) is 47.9 Å². The highest BCUT2D eigenvalue weighted by atomic mass is 79.9. The fraction of sp³-hybridized carbons (Fsp3) is 0.176. The van der Waals surface area contributed by atoms with Gasteiger partial charge in [0.05, 0.1) is 21.3 Å². The van der Waals surface area contributed by atoms with E-state index >= 15 is 0 Å². The molecule has 2 rings (SSSR count). The van der Waals surface area contributed by atoms with Crippen molar-refractivity contribution in [3.63, 3.8) is 0 Å². The highest BCUT2D eigenvalue weighted by Gasteiger charge is 2.08. The first-order chi connectivity index (χ1) is 10.6. The SMILES string of the molecule is COc1ccc(/C=C/c2cc(Br)cc(OC)c2O)cc1OC. The molecule has 2 aromatic rings. The molecule has 22 heavy (non-hydrogen) atoms. The molecule has 0 atom stereocenters. The van der Waals surface area contributed by atoms with E-state index in [9.17, 15) is 5.11 Å². The second kappa shape index (κ2) is 7.22. The maximum absolute atomic E-state index is 10.1. The van der Waals surface area contributed by atoms with E-state index in [0.29, 0.717) is 22.8 Å². The number of hydrogen-bond donors (Lipinski definition) is 1. The van der Waals surface area contributed by atoms with Crippen molar-refractivity contribution in [3.8, 4) is 23.0 Å². The zero-order chi connectivity index (χ0) is 16.1. The molecule has 0 bridgehead atoms. The summed E-state index contributed by atoms with van der Waals surface area (Å²) in [6.45, 7) is 0. The van der Waals surface area contributed by atoms with E-state index in [1.807, 2.05) is 36.4 Å². The summed E-state index contributed by atoms with van der Waals surface area (Å²) < 4.78 is 16.4. The first-order valence-corrected chi connectivity index (χ1v) is 7.35. The first kappa shape index (κ1) is 16.2. The van der Waals surface area contributed by atoms with Gasteiger partial charge in [-0.2, -0.15) is 0 Å². The van der Waals surface area contributed by atoms with Gasteiger partial charge in [0.2, 0.25) is 0 Å². The summed E-state index contributed by atoms with van der Waals surface area (Å²) in [6.07, 6.45) is 3.69. The third-order valence-electron chi connectivity index (χ3n) is 3.15. The average molecular weight is 365 g/mol. The van der Waals surface area contributed by atoms with Crippen LogP contribution < -0.4 is 14.2 Å². The van der Waals surface area contributed by atoms with Crippen molar-refractivity contribution in [2.45, 2.75) is 0 Å². The van der Waals surface area contributed by atoms with E-state index in [0.717, 1.165) is 10.0 Å². The molecule has 0 aromatic heterocycles. The molecule has 0 fully saturated rings. The molecule has 0 radical (unpaired) electrons. The van der Waals surface area contributed by atoms with Crippen molar-refractivity contribution in [1.82, 2.24) is 0 Å². The number of ether oxygens (including phenoxy) is 3. The maximum Gasteiger partial charge on any atom is 0.165 e. The standard InChI is InChI=1S/C17H17BrO4/c1-20-14-7-5-11(8-15(14)21-2)4-6-12-9-13(18)10-16(22-3)17(12)19/h4-10,19H,1-3H3/b6-4+. The van der Waals surface area contributed by atoms with Gasteiger partial charge in [-0.05, 0) is 29.8 Å². The van der Waals surface area contributed by atoms with E-state index < -0.39 is 0 Å². The fourth-order valence-electron chi connectivity index (χ4n) is 2.02.